The summed E-state index contributed by atoms with van der Waals surface area (Å²) in [6, 6.07) is 9.73. The first-order valence-corrected chi connectivity index (χ1v) is 10.7. The zero-order valence-electron chi connectivity index (χ0n) is 13.3. The number of nitrogens with zero attached hydrogens (tertiary/aromatic N) is 1. The van der Waals surface area contributed by atoms with Crippen molar-refractivity contribution in [2.24, 2.45) is 0 Å². The summed E-state index contributed by atoms with van der Waals surface area (Å²) in [5.41, 5.74) is 2.11. The van der Waals surface area contributed by atoms with Crippen molar-refractivity contribution in [3.63, 3.8) is 0 Å². The molecule has 1 fully saturated rings. The van der Waals surface area contributed by atoms with Crippen molar-refractivity contribution in [3.8, 4) is 0 Å². The number of hydrogen-bond donors (Lipinski definition) is 1. The van der Waals surface area contributed by atoms with Crippen LogP contribution in [0.4, 0.5) is 5.13 Å². The van der Waals surface area contributed by atoms with Gasteiger partial charge in [0.05, 0.1) is 11.4 Å². The van der Waals surface area contributed by atoms with Crippen LogP contribution in [-0.4, -0.2) is 30.8 Å². The Kier molecular flexibility index (Phi) is 5.30. The summed E-state index contributed by atoms with van der Waals surface area (Å²) in [5.74, 6) is -0.458. The Bertz CT molecular complexity index is 796. The van der Waals surface area contributed by atoms with Gasteiger partial charge in [-0.05, 0) is 31.2 Å². The summed E-state index contributed by atoms with van der Waals surface area (Å²) in [5, 5.41) is 5.02. The van der Waals surface area contributed by atoms with Crippen LogP contribution in [0.2, 0.25) is 0 Å². The van der Waals surface area contributed by atoms with Crippen molar-refractivity contribution >= 4 is 32.2 Å². The zero-order chi connectivity index (χ0) is 17.0. The Labute approximate surface area is 146 Å². The quantitative estimate of drug-likeness (QED) is 0.781. The number of carbonyl (C=O) groups excluding carboxylic acids is 1. The Hall–Kier alpha value is -1.73. The van der Waals surface area contributed by atoms with Gasteiger partial charge in [0.2, 0.25) is 5.91 Å². The van der Waals surface area contributed by atoms with Gasteiger partial charge in [-0.2, -0.15) is 0 Å². The molecule has 0 spiro atoms. The number of benzene rings is 1. The molecule has 7 heteroatoms. The number of carbonyl (C=O) groups is 1. The number of thiazole rings is 1. The normalized spacial score (nSPS) is 14.5. The summed E-state index contributed by atoms with van der Waals surface area (Å²) in [6.45, 7) is 0. The summed E-state index contributed by atoms with van der Waals surface area (Å²) < 4.78 is 24.1. The maximum Gasteiger partial charge on any atom is 0.241 e. The van der Waals surface area contributed by atoms with Crippen molar-refractivity contribution in [2.45, 2.75) is 31.6 Å². The fourth-order valence-corrected chi connectivity index (χ4v) is 4.49. The van der Waals surface area contributed by atoms with Gasteiger partial charge >= 0.3 is 0 Å². The van der Waals surface area contributed by atoms with Crippen LogP contribution in [-0.2, 0) is 21.1 Å². The first-order chi connectivity index (χ1) is 11.5. The molecule has 0 bridgehead atoms. The van der Waals surface area contributed by atoms with Crippen LogP contribution in [0.5, 0.6) is 0 Å². The van der Waals surface area contributed by atoms with Gasteiger partial charge in [-0.25, -0.2) is 13.4 Å². The number of rotatable bonds is 8. The van der Waals surface area contributed by atoms with Gasteiger partial charge in [0, 0.05) is 11.3 Å². The number of aromatic nitrogens is 1. The Morgan fingerprint density at radius 3 is 2.71 bits per heavy atom. The minimum Gasteiger partial charge on any atom is -0.301 e. The minimum atomic E-state index is -3.40. The summed E-state index contributed by atoms with van der Waals surface area (Å²) in [6.07, 6.45) is 3.50. The van der Waals surface area contributed by atoms with E-state index in [4.69, 9.17) is 0 Å². The molecular weight excluding hydrogens is 344 g/mol. The fraction of sp³-hybridized carbons (Fsp3) is 0.412. The summed E-state index contributed by atoms with van der Waals surface area (Å²) in [7, 11) is -3.40. The Balaban J connectivity index is 1.45. The predicted molar refractivity (Wildman–Crippen MR) is 96.1 cm³/mol. The van der Waals surface area contributed by atoms with E-state index in [9.17, 15) is 13.2 Å². The van der Waals surface area contributed by atoms with Crippen LogP contribution in [0.1, 0.15) is 36.4 Å². The highest BCUT2D eigenvalue weighted by molar-refractivity contribution is 7.92. The number of nitrogens with one attached hydrogen (secondary N) is 1. The molecule has 1 aromatic heterocycles. The summed E-state index contributed by atoms with van der Waals surface area (Å²) >= 11 is 1.35. The molecule has 128 valence electrons. The molecule has 0 aliphatic heterocycles. The molecule has 2 aromatic rings. The van der Waals surface area contributed by atoms with E-state index in [1.165, 1.54) is 11.3 Å². The highest BCUT2D eigenvalue weighted by Crippen LogP contribution is 2.40. The SMILES string of the molecule is O=C(CS(=O)(=O)CCCc1ccccc1)Nc1nc(C2CC2)cs1. The second kappa shape index (κ2) is 7.44. The molecule has 24 heavy (non-hydrogen) atoms. The molecule has 1 N–H and O–H groups in total. The molecule has 0 atom stereocenters. The van der Waals surface area contributed by atoms with Crippen LogP contribution in [0, 0.1) is 0 Å². The molecule has 3 rings (SSSR count). The van der Waals surface area contributed by atoms with Crippen LogP contribution >= 0.6 is 11.3 Å². The van der Waals surface area contributed by atoms with Crippen LogP contribution in [0.3, 0.4) is 0 Å². The van der Waals surface area contributed by atoms with Crippen molar-refractivity contribution in [1.29, 1.82) is 0 Å². The van der Waals surface area contributed by atoms with Gasteiger partial charge < -0.3 is 5.32 Å². The van der Waals surface area contributed by atoms with Crippen LogP contribution in [0.25, 0.3) is 0 Å². The molecule has 1 heterocycles. The minimum absolute atomic E-state index is 0.0144. The Morgan fingerprint density at radius 2 is 2.00 bits per heavy atom. The lowest BCUT2D eigenvalue weighted by Gasteiger charge is -2.05. The molecular formula is C17H20N2O3S2. The number of hydrogen-bond acceptors (Lipinski definition) is 5. The molecule has 1 aliphatic rings. The van der Waals surface area contributed by atoms with Crippen LogP contribution in [0.15, 0.2) is 35.7 Å². The molecule has 1 aliphatic carbocycles. The average molecular weight is 364 g/mol. The lowest BCUT2D eigenvalue weighted by Crippen LogP contribution is -2.24. The maximum atomic E-state index is 12.1. The lowest BCUT2D eigenvalue weighted by molar-refractivity contribution is -0.113. The van der Waals surface area contributed by atoms with Crippen LogP contribution < -0.4 is 5.32 Å². The van der Waals surface area contributed by atoms with E-state index < -0.39 is 21.5 Å². The van der Waals surface area contributed by atoms with Gasteiger partial charge in [-0.3, -0.25) is 4.79 Å². The van der Waals surface area contributed by atoms with Crippen molar-refractivity contribution in [2.75, 3.05) is 16.8 Å². The van der Waals surface area contributed by atoms with Gasteiger partial charge in [-0.1, -0.05) is 30.3 Å². The van der Waals surface area contributed by atoms with Crippen molar-refractivity contribution < 1.29 is 13.2 Å². The van der Waals surface area contributed by atoms with E-state index in [0.717, 1.165) is 24.1 Å². The van der Waals surface area contributed by atoms with Gasteiger partial charge in [0.1, 0.15) is 5.75 Å². The van der Waals surface area contributed by atoms with Crippen molar-refractivity contribution in [3.05, 3.63) is 47.0 Å². The third-order valence-corrected chi connectivity index (χ3v) is 6.27. The smallest absolute Gasteiger partial charge is 0.241 e. The second-order valence-electron chi connectivity index (χ2n) is 6.08. The number of sulfone groups is 1. The molecule has 1 saturated carbocycles. The zero-order valence-corrected chi connectivity index (χ0v) is 14.9. The van der Waals surface area contributed by atoms with Crippen molar-refractivity contribution in [1.82, 2.24) is 4.98 Å². The standard InChI is InChI=1S/C17H20N2O3S2/c20-16(19-17-18-15(11-23-17)14-8-9-14)12-24(21,22)10-4-7-13-5-2-1-3-6-13/h1-3,5-6,11,14H,4,7-10,12H2,(H,18,19,20). The first kappa shape index (κ1) is 17.1. The summed E-state index contributed by atoms with van der Waals surface area (Å²) in [4.78, 5) is 16.3. The fourth-order valence-electron chi connectivity index (χ4n) is 2.48. The average Bonchev–Trinajstić information content (AvgIpc) is 3.28. The van der Waals surface area contributed by atoms with E-state index >= 15 is 0 Å². The number of anilines is 1. The largest absolute Gasteiger partial charge is 0.301 e. The third-order valence-electron chi connectivity index (χ3n) is 3.88. The van der Waals surface area contributed by atoms with E-state index in [1.807, 2.05) is 35.7 Å². The molecule has 5 nitrogen and oxygen atoms in total. The number of amides is 1. The molecule has 0 radical (unpaired) electrons. The molecule has 1 amide bonds. The molecule has 1 aromatic carbocycles. The Morgan fingerprint density at radius 1 is 1.25 bits per heavy atom. The van der Waals surface area contributed by atoms with E-state index in [2.05, 4.69) is 10.3 Å². The highest BCUT2D eigenvalue weighted by atomic mass is 32.2. The van der Waals surface area contributed by atoms with E-state index in [1.54, 1.807) is 0 Å². The van der Waals surface area contributed by atoms with Gasteiger partial charge in [0.25, 0.3) is 0 Å². The monoisotopic (exact) mass is 364 g/mol. The second-order valence-corrected chi connectivity index (χ2v) is 9.12. The van der Waals surface area contributed by atoms with Gasteiger partial charge in [-0.15, -0.1) is 11.3 Å². The highest BCUT2D eigenvalue weighted by Gasteiger charge is 2.26. The molecule has 0 unspecified atom stereocenters. The van der Waals surface area contributed by atoms with E-state index in [0.29, 0.717) is 23.9 Å². The topological polar surface area (TPSA) is 76.1 Å². The predicted octanol–water partition coefficient (Wildman–Crippen LogP) is 3.01. The van der Waals surface area contributed by atoms with E-state index in [-0.39, 0.29) is 5.75 Å². The molecule has 0 saturated heterocycles. The number of aryl methyl sites for hydroxylation is 1. The maximum absolute atomic E-state index is 12.1. The van der Waals surface area contributed by atoms with Gasteiger partial charge in [0.15, 0.2) is 15.0 Å². The third kappa shape index (κ3) is 5.14. The lowest BCUT2D eigenvalue weighted by atomic mass is 10.1. The first-order valence-electron chi connectivity index (χ1n) is 8.01.